The number of thioether (sulfide) groups is 1. The van der Waals surface area contributed by atoms with Crippen molar-refractivity contribution in [2.45, 2.75) is 25.3 Å². The van der Waals surface area contributed by atoms with Crippen molar-refractivity contribution < 1.29 is 4.79 Å². The monoisotopic (exact) mass is 367 g/mol. The summed E-state index contributed by atoms with van der Waals surface area (Å²) in [6, 6.07) is 13.1. The third kappa shape index (κ3) is 3.65. The van der Waals surface area contributed by atoms with Gasteiger partial charge in [-0.1, -0.05) is 18.2 Å². The normalized spacial score (nSPS) is 10.9. The highest BCUT2D eigenvalue weighted by atomic mass is 32.2. The highest BCUT2D eigenvalue weighted by Gasteiger charge is 2.18. The Balaban J connectivity index is 1.92. The van der Waals surface area contributed by atoms with Crippen molar-refractivity contribution in [1.82, 2.24) is 14.9 Å². The summed E-state index contributed by atoms with van der Waals surface area (Å²) in [6.07, 6.45) is 1.99. The Bertz CT molecular complexity index is 1010. The summed E-state index contributed by atoms with van der Waals surface area (Å²) >= 11 is 1.61. The lowest BCUT2D eigenvalue weighted by atomic mass is 10.1. The Kier molecular flexibility index (Phi) is 5.42. The molecule has 0 saturated heterocycles. The quantitative estimate of drug-likeness (QED) is 0.700. The summed E-state index contributed by atoms with van der Waals surface area (Å²) in [5, 5.41) is 0.550. The van der Waals surface area contributed by atoms with Crippen molar-refractivity contribution in [3.8, 4) is 0 Å². The minimum atomic E-state index is -0.185. The van der Waals surface area contributed by atoms with Gasteiger partial charge in [-0.05, 0) is 49.9 Å². The molecule has 1 N–H and O–H groups in total. The van der Waals surface area contributed by atoms with E-state index in [1.807, 2.05) is 50.4 Å². The zero-order valence-electron chi connectivity index (χ0n) is 15.1. The van der Waals surface area contributed by atoms with Crippen LogP contribution in [0.3, 0.4) is 0 Å². The molecule has 0 radical (unpaired) electrons. The number of aryl methyl sites for hydroxylation is 1. The molecule has 1 heterocycles. The van der Waals surface area contributed by atoms with Gasteiger partial charge in [-0.15, -0.1) is 11.8 Å². The van der Waals surface area contributed by atoms with E-state index in [2.05, 4.69) is 9.97 Å². The third-order valence-corrected chi connectivity index (χ3v) is 5.07. The summed E-state index contributed by atoms with van der Waals surface area (Å²) in [7, 11) is 0. The molecule has 0 atom stereocenters. The van der Waals surface area contributed by atoms with Crippen molar-refractivity contribution in [3.63, 3.8) is 0 Å². The molecule has 5 nitrogen and oxygen atoms in total. The first-order valence-electron chi connectivity index (χ1n) is 8.45. The van der Waals surface area contributed by atoms with Crippen LogP contribution < -0.4 is 5.56 Å². The number of para-hydroxylation sites is 1. The second-order valence-electron chi connectivity index (χ2n) is 6.03. The standard InChI is InChI=1S/C20H21N3O2S/c1-4-23(20(25)16-11-14(26-3)10-9-13(16)2)12-18-21-17-8-6-5-7-15(17)19(24)22-18/h5-11H,4,12H2,1-3H3,(H,21,22,24). The number of carbonyl (C=O) groups is 1. The maximum atomic E-state index is 13.0. The Morgan fingerprint density at radius 2 is 2.00 bits per heavy atom. The van der Waals surface area contributed by atoms with Gasteiger partial charge in [-0.2, -0.15) is 0 Å². The Morgan fingerprint density at radius 3 is 2.73 bits per heavy atom. The van der Waals surface area contributed by atoms with Crippen molar-refractivity contribution in [3.05, 3.63) is 69.8 Å². The molecule has 0 bridgehead atoms. The van der Waals surface area contributed by atoms with Crippen molar-refractivity contribution in [1.29, 1.82) is 0 Å². The van der Waals surface area contributed by atoms with E-state index in [0.29, 0.717) is 28.8 Å². The molecule has 2 aromatic carbocycles. The lowest BCUT2D eigenvalue weighted by molar-refractivity contribution is 0.0747. The van der Waals surface area contributed by atoms with Crippen molar-refractivity contribution in [2.75, 3.05) is 12.8 Å². The van der Waals surface area contributed by atoms with Crippen LogP contribution in [-0.2, 0) is 6.54 Å². The van der Waals surface area contributed by atoms with Gasteiger partial charge < -0.3 is 9.88 Å². The number of nitrogens with zero attached hydrogens (tertiary/aromatic N) is 2. The smallest absolute Gasteiger partial charge is 0.258 e. The average Bonchev–Trinajstić information content (AvgIpc) is 2.66. The number of carbonyl (C=O) groups excluding carboxylic acids is 1. The van der Waals surface area contributed by atoms with Gasteiger partial charge >= 0.3 is 0 Å². The van der Waals surface area contributed by atoms with Crippen LogP contribution in [0.4, 0.5) is 0 Å². The number of benzene rings is 2. The number of hydrogen-bond acceptors (Lipinski definition) is 4. The summed E-state index contributed by atoms with van der Waals surface area (Å²) in [5.74, 6) is 0.430. The van der Waals surface area contributed by atoms with E-state index in [1.54, 1.807) is 28.8 Å². The van der Waals surface area contributed by atoms with Gasteiger partial charge in [-0.3, -0.25) is 9.59 Å². The Morgan fingerprint density at radius 1 is 1.23 bits per heavy atom. The summed E-state index contributed by atoms with van der Waals surface area (Å²) in [5.41, 5.74) is 2.07. The van der Waals surface area contributed by atoms with Crippen LogP contribution in [0.5, 0.6) is 0 Å². The van der Waals surface area contributed by atoms with E-state index in [-0.39, 0.29) is 18.0 Å². The maximum Gasteiger partial charge on any atom is 0.258 e. The zero-order valence-corrected chi connectivity index (χ0v) is 15.9. The summed E-state index contributed by atoms with van der Waals surface area (Å²) in [4.78, 5) is 35.3. The number of amides is 1. The van der Waals surface area contributed by atoms with Crippen molar-refractivity contribution >= 4 is 28.6 Å². The number of fused-ring (bicyclic) bond motifs is 1. The van der Waals surface area contributed by atoms with E-state index in [0.717, 1.165) is 10.5 Å². The Hall–Kier alpha value is -2.60. The average molecular weight is 367 g/mol. The number of rotatable bonds is 5. The summed E-state index contributed by atoms with van der Waals surface area (Å²) < 4.78 is 0. The molecule has 6 heteroatoms. The predicted molar refractivity (Wildman–Crippen MR) is 106 cm³/mol. The van der Waals surface area contributed by atoms with Gasteiger partial charge in [0.1, 0.15) is 5.82 Å². The van der Waals surface area contributed by atoms with Crippen molar-refractivity contribution in [2.24, 2.45) is 0 Å². The van der Waals surface area contributed by atoms with Crippen LogP contribution in [0, 0.1) is 6.92 Å². The second-order valence-corrected chi connectivity index (χ2v) is 6.91. The fourth-order valence-electron chi connectivity index (χ4n) is 2.85. The number of aromatic nitrogens is 2. The first kappa shape index (κ1) is 18.2. The molecule has 134 valence electrons. The molecule has 0 aliphatic carbocycles. The molecule has 0 fully saturated rings. The molecule has 3 aromatic rings. The minimum absolute atomic E-state index is 0.0586. The van der Waals surface area contributed by atoms with Crippen LogP contribution in [-0.4, -0.2) is 33.6 Å². The highest BCUT2D eigenvalue weighted by molar-refractivity contribution is 7.98. The van der Waals surface area contributed by atoms with Crippen LogP contribution in [0.15, 0.2) is 52.2 Å². The molecule has 3 rings (SSSR count). The molecule has 0 aliphatic rings. The van der Waals surface area contributed by atoms with E-state index < -0.39 is 0 Å². The molecule has 0 spiro atoms. The van der Waals surface area contributed by atoms with Crippen LogP contribution >= 0.6 is 11.8 Å². The topological polar surface area (TPSA) is 66.1 Å². The zero-order chi connectivity index (χ0) is 18.7. The summed E-state index contributed by atoms with van der Waals surface area (Å²) in [6.45, 7) is 4.64. The fourth-order valence-corrected chi connectivity index (χ4v) is 3.29. The highest BCUT2D eigenvalue weighted by Crippen LogP contribution is 2.21. The van der Waals surface area contributed by atoms with E-state index >= 15 is 0 Å². The largest absolute Gasteiger partial charge is 0.331 e. The molecule has 0 saturated carbocycles. The molecule has 0 unspecified atom stereocenters. The molecule has 0 aliphatic heterocycles. The Labute approximate surface area is 156 Å². The molecule has 1 aromatic heterocycles. The minimum Gasteiger partial charge on any atom is -0.331 e. The van der Waals surface area contributed by atoms with Gasteiger partial charge in [-0.25, -0.2) is 4.98 Å². The SMILES string of the molecule is CCN(Cc1nc2ccccc2c(=O)[nH]1)C(=O)c1cc(SC)ccc1C. The number of nitrogens with one attached hydrogen (secondary N) is 1. The molecule has 26 heavy (non-hydrogen) atoms. The van der Waals surface area contributed by atoms with Crippen LogP contribution in [0.2, 0.25) is 0 Å². The predicted octanol–water partition coefficient (Wildman–Crippen LogP) is 3.62. The van der Waals surface area contributed by atoms with Crippen LogP contribution in [0.25, 0.3) is 10.9 Å². The number of H-pyrrole nitrogens is 1. The number of hydrogen-bond donors (Lipinski definition) is 1. The number of aromatic amines is 1. The van der Waals surface area contributed by atoms with E-state index in [4.69, 9.17) is 0 Å². The van der Waals surface area contributed by atoms with Gasteiger partial charge in [0.2, 0.25) is 0 Å². The molecular weight excluding hydrogens is 346 g/mol. The van der Waals surface area contributed by atoms with E-state index in [1.165, 1.54) is 0 Å². The second kappa shape index (κ2) is 7.74. The van der Waals surface area contributed by atoms with Gasteiger partial charge in [0.25, 0.3) is 11.5 Å². The van der Waals surface area contributed by atoms with Gasteiger partial charge in [0, 0.05) is 17.0 Å². The first-order chi connectivity index (χ1) is 12.5. The van der Waals surface area contributed by atoms with E-state index in [9.17, 15) is 9.59 Å². The van der Waals surface area contributed by atoms with Gasteiger partial charge in [0.15, 0.2) is 0 Å². The lowest BCUT2D eigenvalue weighted by Gasteiger charge is -2.21. The molecular formula is C20H21N3O2S. The maximum absolute atomic E-state index is 13.0. The molecule has 1 amide bonds. The van der Waals surface area contributed by atoms with Gasteiger partial charge in [0.05, 0.1) is 17.4 Å². The first-order valence-corrected chi connectivity index (χ1v) is 9.67. The lowest BCUT2D eigenvalue weighted by Crippen LogP contribution is -2.32. The van der Waals surface area contributed by atoms with Crippen LogP contribution in [0.1, 0.15) is 28.7 Å². The third-order valence-electron chi connectivity index (χ3n) is 4.35. The fraction of sp³-hybridized carbons (Fsp3) is 0.250.